The minimum Gasteiger partial charge on any atom is -0.484 e. The number of imidazole rings is 1. The minimum absolute atomic E-state index is 0.149. The Kier molecular flexibility index (Phi) is 5.94. The van der Waals surface area contributed by atoms with Gasteiger partial charge in [0.05, 0.1) is 11.6 Å². The fourth-order valence-corrected chi connectivity index (χ4v) is 3.15. The number of hydrogen-bond acceptors (Lipinski definition) is 6. The van der Waals surface area contributed by atoms with Crippen LogP contribution in [0.25, 0.3) is 22.6 Å². The average Bonchev–Trinajstić information content (AvgIpc) is 3.26. The third-order valence-electron chi connectivity index (χ3n) is 4.74. The van der Waals surface area contributed by atoms with E-state index in [0.29, 0.717) is 40.5 Å². The largest absolute Gasteiger partial charge is 0.484 e. The monoisotopic (exact) mass is 428 g/mol. The van der Waals surface area contributed by atoms with E-state index in [0.717, 1.165) is 12.0 Å². The normalized spacial score (nSPS) is 10.6. The molecular weight excluding hydrogens is 408 g/mol. The van der Waals surface area contributed by atoms with E-state index in [1.54, 1.807) is 53.1 Å². The molecule has 0 atom stereocenters. The van der Waals surface area contributed by atoms with E-state index in [1.165, 1.54) is 6.33 Å². The lowest BCUT2D eigenvalue weighted by atomic mass is 10.2. The Morgan fingerprint density at radius 1 is 1.19 bits per heavy atom. The zero-order valence-electron chi connectivity index (χ0n) is 17.3. The summed E-state index contributed by atoms with van der Waals surface area (Å²) in [6.07, 6.45) is 2.35. The van der Waals surface area contributed by atoms with E-state index >= 15 is 0 Å². The number of H-pyrrole nitrogens is 1. The van der Waals surface area contributed by atoms with Gasteiger partial charge in [-0.15, -0.1) is 0 Å². The van der Waals surface area contributed by atoms with E-state index in [-0.39, 0.29) is 18.1 Å². The predicted octanol–water partition coefficient (Wildman–Crippen LogP) is 3.09. The second-order valence-corrected chi connectivity index (χ2v) is 7.08. The van der Waals surface area contributed by atoms with Crippen molar-refractivity contribution < 1.29 is 9.53 Å². The van der Waals surface area contributed by atoms with Gasteiger partial charge in [-0.3, -0.25) is 14.2 Å². The first-order chi connectivity index (χ1) is 15.6. The quantitative estimate of drug-likeness (QED) is 0.466. The van der Waals surface area contributed by atoms with Crippen LogP contribution >= 0.6 is 0 Å². The second kappa shape index (κ2) is 9.14. The number of aromatic amines is 1. The van der Waals surface area contributed by atoms with Crippen LogP contribution in [0.2, 0.25) is 0 Å². The lowest BCUT2D eigenvalue weighted by Crippen LogP contribution is -2.20. The predicted molar refractivity (Wildman–Crippen MR) is 119 cm³/mol. The van der Waals surface area contributed by atoms with Gasteiger partial charge in [-0.25, -0.2) is 9.97 Å². The minimum atomic E-state index is -0.314. The van der Waals surface area contributed by atoms with Crippen molar-refractivity contribution in [1.82, 2.24) is 19.5 Å². The highest BCUT2D eigenvalue weighted by atomic mass is 16.5. The lowest BCUT2D eigenvalue weighted by molar-refractivity contribution is -0.118. The first-order valence-corrected chi connectivity index (χ1v) is 10.1. The maximum atomic E-state index is 12.5. The smallest absolute Gasteiger partial charge is 0.279 e. The number of anilines is 1. The summed E-state index contributed by atoms with van der Waals surface area (Å²) in [5.41, 5.74) is 2.46. The van der Waals surface area contributed by atoms with Crippen molar-refractivity contribution in [1.29, 1.82) is 5.26 Å². The Labute approximate surface area is 183 Å². The molecule has 160 valence electrons. The zero-order chi connectivity index (χ0) is 22.5. The van der Waals surface area contributed by atoms with Crippen molar-refractivity contribution in [2.45, 2.75) is 19.9 Å². The Bertz CT molecular complexity index is 1350. The van der Waals surface area contributed by atoms with Gasteiger partial charge in [0.1, 0.15) is 17.9 Å². The highest BCUT2D eigenvalue weighted by Gasteiger charge is 2.11. The van der Waals surface area contributed by atoms with Crippen molar-refractivity contribution in [3.8, 4) is 23.2 Å². The third kappa shape index (κ3) is 4.49. The molecule has 2 N–H and O–H groups in total. The Morgan fingerprint density at radius 3 is 2.62 bits per heavy atom. The van der Waals surface area contributed by atoms with Gasteiger partial charge in [0, 0.05) is 17.8 Å². The summed E-state index contributed by atoms with van der Waals surface area (Å²) in [4.78, 5) is 36.3. The molecule has 9 heteroatoms. The van der Waals surface area contributed by atoms with Crippen molar-refractivity contribution in [3.05, 3.63) is 70.8 Å². The van der Waals surface area contributed by atoms with Gasteiger partial charge in [0.2, 0.25) is 0 Å². The summed E-state index contributed by atoms with van der Waals surface area (Å²) in [6, 6.07) is 15.6. The van der Waals surface area contributed by atoms with Crippen molar-refractivity contribution in [2.24, 2.45) is 0 Å². The zero-order valence-corrected chi connectivity index (χ0v) is 17.3. The van der Waals surface area contributed by atoms with Crippen LogP contribution in [0.3, 0.4) is 0 Å². The first-order valence-electron chi connectivity index (χ1n) is 10.1. The molecule has 0 saturated heterocycles. The molecule has 0 spiro atoms. The molecule has 4 aromatic rings. The van der Waals surface area contributed by atoms with E-state index in [9.17, 15) is 9.59 Å². The maximum Gasteiger partial charge on any atom is 0.279 e. The molecule has 0 unspecified atom stereocenters. The number of carbonyl (C=O) groups is 1. The molecule has 2 aromatic heterocycles. The molecule has 2 heterocycles. The number of benzene rings is 2. The molecule has 0 radical (unpaired) electrons. The maximum absolute atomic E-state index is 12.5. The molecule has 0 aliphatic heterocycles. The van der Waals surface area contributed by atoms with E-state index in [1.807, 2.05) is 13.0 Å². The van der Waals surface area contributed by atoms with E-state index < -0.39 is 0 Å². The molecule has 1 amide bonds. The second-order valence-electron chi connectivity index (χ2n) is 7.08. The summed E-state index contributed by atoms with van der Waals surface area (Å²) in [7, 11) is 0. The van der Waals surface area contributed by atoms with Gasteiger partial charge in [-0.2, -0.15) is 5.26 Å². The molecule has 0 aliphatic carbocycles. The number of nitrogens with one attached hydrogen (secondary N) is 2. The number of rotatable bonds is 7. The van der Waals surface area contributed by atoms with E-state index in [2.05, 4.69) is 20.3 Å². The molecule has 0 fully saturated rings. The van der Waals surface area contributed by atoms with Gasteiger partial charge in [-0.05, 0) is 55.0 Å². The van der Waals surface area contributed by atoms with Crippen LogP contribution < -0.4 is 15.6 Å². The summed E-state index contributed by atoms with van der Waals surface area (Å²) in [5.74, 6) is 0.734. The number of aromatic nitrogens is 4. The van der Waals surface area contributed by atoms with E-state index in [4.69, 9.17) is 10.00 Å². The fourth-order valence-electron chi connectivity index (χ4n) is 3.15. The number of fused-ring (bicyclic) bond motifs is 1. The fraction of sp³-hybridized carbons (Fsp3) is 0.174. The van der Waals surface area contributed by atoms with Gasteiger partial charge in [0.25, 0.3) is 11.5 Å². The average molecular weight is 428 g/mol. The van der Waals surface area contributed by atoms with Crippen molar-refractivity contribution in [2.75, 3.05) is 11.9 Å². The van der Waals surface area contributed by atoms with Crippen LogP contribution in [0.15, 0.2) is 59.7 Å². The number of nitriles is 1. The molecule has 32 heavy (non-hydrogen) atoms. The molecule has 0 aliphatic rings. The van der Waals surface area contributed by atoms with Crippen LogP contribution in [0.4, 0.5) is 5.69 Å². The Morgan fingerprint density at radius 2 is 1.94 bits per heavy atom. The van der Waals surface area contributed by atoms with Crippen LogP contribution in [-0.4, -0.2) is 32.0 Å². The molecule has 9 nitrogen and oxygen atoms in total. The number of carbonyl (C=O) groups excluding carboxylic acids is 1. The first kappa shape index (κ1) is 20.8. The van der Waals surface area contributed by atoms with Crippen LogP contribution in [-0.2, 0) is 11.3 Å². The number of ether oxygens (including phenoxy) is 1. The van der Waals surface area contributed by atoms with Crippen molar-refractivity contribution in [3.63, 3.8) is 0 Å². The number of nitrogens with zero attached hydrogens (tertiary/aromatic N) is 4. The number of hydrogen-bond donors (Lipinski definition) is 2. The third-order valence-corrected chi connectivity index (χ3v) is 4.74. The van der Waals surface area contributed by atoms with Crippen LogP contribution in [0.5, 0.6) is 5.75 Å². The standard InChI is InChI=1S/C23H20N6O3/c1-2-11-29-14-25-22-20(23(29)31)27-21(28-22)16-5-9-18(10-6-16)32-13-19(30)26-17-7-3-15(12-24)4-8-17/h3-10,14H,2,11,13H2,1H3,(H,26,30)(H,27,28). The summed E-state index contributed by atoms with van der Waals surface area (Å²) in [6.45, 7) is 2.43. The number of amides is 1. The summed E-state index contributed by atoms with van der Waals surface area (Å²) in [5, 5.41) is 11.5. The molecule has 0 bridgehead atoms. The van der Waals surface area contributed by atoms with Crippen LogP contribution in [0.1, 0.15) is 18.9 Å². The van der Waals surface area contributed by atoms with Crippen LogP contribution in [0, 0.1) is 11.3 Å². The Balaban J connectivity index is 1.40. The highest BCUT2D eigenvalue weighted by molar-refractivity contribution is 5.91. The highest BCUT2D eigenvalue weighted by Crippen LogP contribution is 2.21. The molecule has 4 rings (SSSR count). The van der Waals surface area contributed by atoms with Gasteiger partial charge < -0.3 is 15.0 Å². The van der Waals surface area contributed by atoms with Gasteiger partial charge in [-0.1, -0.05) is 6.92 Å². The Hall–Kier alpha value is -4.45. The van der Waals surface area contributed by atoms with Gasteiger partial charge >= 0.3 is 0 Å². The SMILES string of the molecule is CCCn1cnc2nc(-c3ccc(OCC(=O)Nc4ccc(C#N)cc4)cc3)[nH]c2c1=O. The summed E-state index contributed by atoms with van der Waals surface area (Å²) < 4.78 is 7.10. The molecule has 0 saturated carbocycles. The number of aryl methyl sites for hydroxylation is 1. The van der Waals surface area contributed by atoms with Crippen molar-refractivity contribution >= 4 is 22.8 Å². The molecule has 2 aromatic carbocycles. The van der Waals surface area contributed by atoms with Gasteiger partial charge in [0.15, 0.2) is 17.8 Å². The summed E-state index contributed by atoms with van der Waals surface area (Å²) >= 11 is 0. The topological polar surface area (TPSA) is 126 Å². The lowest BCUT2D eigenvalue weighted by Gasteiger charge is -2.08. The molecular formula is C23H20N6O3.